The Morgan fingerprint density at radius 1 is 1.00 bits per heavy atom. The molecule has 0 saturated heterocycles. The second-order valence-corrected chi connectivity index (χ2v) is 6.14. The summed E-state index contributed by atoms with van der Waals surface area (Å²) in [6.07, 6.45) is 10.7. The van der Waals surface area contributed by atoms with E-state index in [4.69, 9.17) is 0 Å². The largest absolute Gasteiger partial charge is 0.348 e. The van der Waals surface area contributed by atoms with Gasteiger partial charge in [0.1, 0.15) is 0 Å². The Balaban J connectivity index is 1.74. The zero-order valence-electron chi connectivity index (χ0n) is 14.0. The van der Waals surface area contributed by atoms with E-state index in [-0.39, 0.29) is 0 Å². The van der Waals surface area contributed by atoms with Crippen molar-refractivity contribution in [3.05, 3.63) is 83.6 Å². The lowest BCUT2D eigenvalue weighted by atomic mass is 9.98. The molecule has 0 unspecified atom stereocenters. The van der Waals surface area contributed by atoms with Crippen molar-refractivity contribution in [3.63, 3.8) is 0 Å². The van der Waals surface area contributed by atoms with Crippen LogP contribution in [0.4, 0.5) is 11.4 Å². The molecule has 0 aliphatic carbocycles. The van der Waals surface area contributed by atoms with E-state index in [9.17, 15) is 0 Å². The maximum absolute atomic E-state index is 4.51. The van der Waals surface area contributed by atoms with Crippen molar-refractivity contribution in [3.8, 4) is 0 Å². The first kappa shape index (κ1) is 14.7. The molecule has 4 rings (SSSR count). The minimum absolute atomic E-state index is 0.973. The minimum atomic E-state index is 0.973. The van der Waals surface area contributed by atoms with Gasteiger partial charge in [-0.25, -0.2) is 0 Å². The molecule has 24 heavy (non-hydrogen) atoms. The van der Waals surface area contributed by atoms with Gasteiger partial charge in [0.05, 0.1) is 5.69 Å². The fraction of sp³-hybridized carbons (Fsp3) is 0.136. The van der Waals surface area contributed by atoms with Gasteiger partial charge < -0.3 is 4.90 Å². The Labute approximate surface area is 143 Å². The van der Waals surface area contributed by atoms with E-state index in [1.807, 2.05) is 6.21 Å². The highest BCUT2D eigenvalue weighted by atomic mass is 15.1. The van der Waals surface area contributed by atoms with Crippen LogP contribution >= 0.6 is 0 Å². The first-order valence-corrected chi connectivity index (χ1v) is 8.37. The van der Waals surface area contributed by atoms with Crippen molar-refractivity contribution < 1.29 is 0 Å². The molecule has 2 nitrogen and oxygen atoms in total. The minimum Gasteiger partial charge on any atom is -0.348 e. The van der Waals surface area contributed by atoms with Crippen molar-refractivity contribution in [1.82, 2.24) is 0 Å². The number of rotatable bonds is 2. The van der Waals surface area contributed by atoms with Crippen LogP contribution in [0.25, 0.3) is 11.1 Å². The predicted octanol–water partition coefficient (Wildman–Crippen LogP) is 5.53. The number of fused-ring (bicyclic) bond motifs is 2. The van der Waals surface area contributed by atoms with Gasteiger partial charge in [-0.2, -0.15) is 0 Å². The Morgan fingerprint density at radius 2 is 1.83 bits per heavy atom. The van der Waals surface area contributed by atoms with Crippen LogP contribution in [0.15, 0.2) is 71.9 Å². The molecule has 0 atom stereocenters. The lowest BCUT2D eigenvalue weighted by Crippen LogP contribution is -2.18. The van der Waals surface area contributed by atoms with Crippen LogP contribution in [0.1, 0.15) is 23.6 Å². The van der Waals surface area contributed by atoms with Gasteiger partial charge in [0.15, 0.2) is 0 Å². The number of hydrogen-bond acceptors (Lipinski definition) is 2. The molecule has 2 aromatic carbocycles. The lowest BCUT2D eigenvalue weighted by Gasteiger charge is -2.26. The topological polar surface area (TPSA) is 15.6 Å². The molecule has 0 amide bonds. The molecule has 0 saturated carbocycles. The molecule has 0 aromatic heterocycles. The first-order valence-electron chi connectivity index (χ1n) is 8.37. The SMILES string of the molecule is CCN1C=C/C(=C/C=C2/C=Nc3ccc(C)cc32)c2ccccc21. The smallest absolute Gasteiger partial charge is 0.0708 e. The summed E-state index contributed by atoms with van der Waals surface area (Å²) >= 11 is 0. The highest BCUT2D eigenvalue weighted by Crippen LogP contribution is 2.35. The molecule has 2 heteroatoms. The second kappa shape index (κ2) is 5.97. The normalized spacial score (nSPS) is 18.3. The van der Waals surface area contributed by atoms with Gasteiger partial charge in [-0.15, -0.1) is 0 Å². The molecular weight excluding hydrogens is 292 g/mol. The van der Waals surface area contributed by atoms with Crippen molar-refractivity contribution in [2.75, 3.05) is 11.4 Å². The predicted molar refractivity (Wildman–Crippen MR) is 104 cm³/mol. The van der Waals surface area contributed by atoms with E-state index in [2.05, 4.69) is 90.6 Å². The number of anilines is 1. The molecule has 2 aliphatic heterocycles. The number of aliphatic imine (C=N–C) groups is 1. The van der Waals surface area contributed by atoms with Crippen LogP contribution in [0.3, 0.4) is 0 Å². The highest BCUT2D eigenvalue weighted by molar-refractivity contribution is 6.17. The van der Waals surface area contributed by atoms with Gasteiger partial charge in [-0.05, 0) is 43.7 Å². The molecular formula is C22H20N2. The molecule has 0 N–H and O–H groups in total. The molecule has 2 aromatic rings. The van der Waals surface area contributed by atoms with E-state index in [1.54, 1.807) is 0 Å². The maximum Gasteiger partial charge on any atom is 0.0708 e. The summed E-state index contributed by atoms with van der Waals surface area (Å²) in [5, 5.41) is 0. The van der Waals surface area contributed by atoms with Gasteiger partial charge in [-0.3, -0.25) is 4.99 Å². The molecule has 0 bridgehead atoms. The number of nitrogens with zero attached hydrogens (tertiary/aromatic N) is 2. The van der Waals surface area contributed by atoms with Crippen molar-refractivity contribution in [1.29, 1.82) is 0 Å². The Bertz CT molecular complexity index is 913. The molecule has 2 aliphatic rings. The summed E-state index contributed by atoms with van der Waals surface area (Å²) in [5.41, 5.74) is 8.49. The van der Waals surface area contributed by atoms with Crippen LogP contribution in [-0.4, -0.2) is 12.8 Å². The summed E-state index contributed by atoms with van der Waals surface area (Å²) in [4.78, 5) is 6.78. The van der Waals surface area contributed by atoms with Crippen molar-refractivity contribution in [2.45, 2.75) is 13.8 Å². The number of allylic oxidation sites excluding steroid dienone is 5. The van der Waals surface area contributed by atoms with Crippen LogP contribution < -0.4 is 4.90 Å². The molecule has 0 spiro atoms. The summed E-state index contributed by atoms with van der Waals surface area (Å²) in [6, 6.07) is 15.0. The highest BCUT2D eigenvalue weighted by Gasteiger charge is 2.15. The van der Waals surface area contributed by atoms with Crippen molar-refractivity contribution >= 4 is 28.7 Å². The van der Waals surface area contributed by atoms with Gasteiger partial charge in [0.25, 0.3) is 0 Å². The Kier molecular flexibility index (Phi) is 3.66. The fourth-order valence-electron chi connectivity index (χ4n) is 3.24. The molecule has 0 radical (unpaired) electrons. The number of aryl methyl sites for hydroxylation is 1. The van der Waals surface area contributed by atoms with E-state index < -0.39 is 0 Å². The van der Waals surface area contributed by atoms with Gasteiger partial charge >= 0.3 is 0 Å². The quantitative estimate of drug-likeness (QED) is 0.711. The lowest BCUT2D eigenvalue weighted by molar-refractivity contribution is 1.01. The molecule has 118 valence electrons. The monoisotopic (exact) mass is 312 g/mol. The number of benzene rings is 2. The van der Waals surface area contributed by atoms with Gasteiger partial charge in [0, 0.05) is 41.3 Å². The van der Waals surface area contributed by atoms with Crippen LogP contribution in [0.2, 0.25) is 0 Å². The zero-order valence-corrected chi connectivity index (χ0v) is 14.0. The Morgan fingerprint density at radius 3 is 2.71 bits per heavy atom. The van der Waals surface area contributed by atoms with E-state index in [0.29, 0.717) is 0 Å². The second-order valence-electron chi connectivity index (χ2n) is 6.14. The third kappa shape index (κ3) is 2.50. The molecule has 0 fully saturated rings. The zero-order chi connectivity index (χ0) is 16.5. The third-order valence-corrected chi connectivity index (χ3v) is 4.55. The van der Waals surface area contributed by atoms with E-state index >= 15 is 0 Å². The fourth-order valence-corrected chi connectivity index (χ4v) is 3.24. The summed E-state index contributed by atoms with van der Waals surface area (Å²) in [7, 11) is 0. The van der Waals surface area contributed by atoms with E-state index in [0.717, 1.165) is 12.2 Å². The standard InChI is InChI=1S/C22H20N2/c1-3-24-13-12-17(19-6-4-5-7-22(19)24)9-10-18-15-23-21-11-8-16(2)14-20(18)21/h4-15H,3H2,1-2H3/b17-9-,18-10-. The van der Waals surface area contributed by atoms with Gasteiger partial charge in [0.2, 0.25) is 0 Å². The summed E-state index contributed by atoms with van der Waals surface area (Å²) in [5.74, 6) is 0. The van der Waals surface area contributed by atoms with Crippen molar-refractivity contribution in [2.24, 2.45) is 4.99 Å². The molecule has 2 heterocycles. The van der Waals surface area contributed by atoms with E-state index in [1.165, 1.54) is 33.5 Å². The maximum atomic E-state index is 4.51. The van der Waals surface area contributed by atoms with Crippen LogP contribution in [-0.2, 0) is 0 Å². The first-order chi connectivity index (χ1) is 11.8. The van der Waals surface area contributed by atoms with Crippen LogP contribution in [0.5, 0.6) is 0 Å². The summed E-state index contributed by atoms with van der Waals surface area (Å²) < 4.78 is 0. The number of hydrogen-bond donors (Lipinski definition) is 0. The van der Waals surface area contributed by atoms with Gasteiger partial charge in [-0.1, -0.05) is 42.0 Å². The average Bonchev–Trinajstić information content (AvgIpc) is 3.01. The average molecular weight is 312 g/mol. The third-order valence-electron chi connectivity index (χ3n) is 4.55. The summed E-state index contributed by atoms with van der Waals surface area (Å²) in [6.45, 7) is 5.27. The Hall–Kier alpha value is -2.87. The van der Waals surface area contributed by atoms with Crippen LogP contribution in [0, 0.1) is 6.92 Å². The number of para-hydroxylation sites is 1.